The molecule has 6 heteroatoms. The molecule has 0 aliphatic heterocycles. The van der Waals surface area contributed by atoms with Crippen molar-refractivity contribution in [1.29, 1.82) is 0 Å². The molecular weight excluding hydrogens is 406 g/mol. The van der Waals surface area contributed by atoms with Crippen molar-refractivity contribution in [3.63, 3.8) is 0 Å². The van der Waals surface area contributed by atoms with Crippen molar-refractivity contribution in [3.05, 3.63) is 64.3 Å². The number of likely N-dealkylation sites (N-methyl/N-ethyl adjacent to an activating group) is 1. The van der Waals surface area contributed by atoms with Gasteiger partial charge in [0.05, 0.1) is 17.6 Å². The van der Waals surface area contributed by atoms with Gasteiger partial charge in [-0.1, -0.05) is 36.4 Å². The fourth-order valence-electron chi connectivity index (χ4n) is 3.38. The molecule has 0 aliphatic carbocycles. The van der Waals surface area contributed by atoms with Crippen LogP contribution in [0.15, 0.2) is 53.0 Å². The zero-order valence-electron chi connectivity index (χ0n) is 16.0. The minimum absolute atomic E-state index is 0.00133. The number of amides is 1. The second-order valence-corrected chi connectivity index (χ2v) is 7.46. The van der Waals surface area contributed by atoms with Gasteiger partial charge in [-0.2, -0.15) is 0 Å². The molecule has 1 amide bonds. The summed E-state index contributed by atoms with van der Waals surface area (Å²) in [6, 6.07) is 15.9. The number of methoxy groups -OCH3 is 1. The first-order chi connectivity index (χ1) is 13.0. The van der Waals surface area contributed by atoms with Crippen LogP contribution in [-0.2, 0) is 7.05 Å². The molecule has 0 aliphatic rings. The third kappa shape index (κ3) is 3.73. The summed E-state index contributed by atoms with van der Waals surface area (Å²) in [5.41, 5.74) is 2.68. The Bertz CT molecular complexity index is 926. The van der Waals surface area contributed by atoms with Gasteiger partial charge in [0, 0.05) is 30.1 Å². The number of nitrogens with zero attached hydrogens (tertiary/aromatic N) is 2. The van der Waals surface area contributed by atoms with E-state index in [1.54, 1.807) is 7.11 Å². The number of hydrogen-bond acceptors (Lipinski definition) is 3. The Kier molecular flexibility index (Phi) is 5.87. The summed E-state index contributed by atoms with van der Waals surface area (Å²) in [4.78, 5) is 15.0. The molecule has 0 saturated heterocycles. The molecule has 0 radical (unpaired) electrons. The van der Waals surface area contributed by atoms with E-state index in [4.69, 9.17) is 4.74 Å². The highest BCUT2D eigenvalue weighted by atomic mass is 79.9. The molecule has 1 unspecified atom stereocenters. The van der Waals surface area contributed by atoms with E-state index >= 15 is 0 Å². The molecule has 1 N–H and O–H groups in total. The van der Waals surface area contributed by atoms with Crippen LogP contribution in [0.1, 0.15) is 22.1 Å². The van der Waals surface area contributed by atoms with Crippen molar-refractivity contribution >= 4 is 32.7 Å². The maximum Gasteiger partial charge on any atom is 0.269 e. The molecule has 1 heterocycles. The van der Waals surface area contributed by atoms with Gasteiger partial charge in [-0.05, 0) is 42.2 Å². The highest BCUT2D eigenvalue weighted by molar-refractivity contribution is 9.10. The number of rotatable bonds is 6. The molecule has 2 aromatic carbocycles. The van der Waals surface area contributed by atoms with Crippen LogP contribution in [0.4, 0.5) is 0 Å². The second-order valence-electron chi connectivity index (χ2n) is 6.67. The minimum Gasteiger partial charge on any atom is -0.496 e. The molecule has 27 heavy (non-hydrogen) atoms. The molecule has 0 saturated carbocycles. The van der Waals surface area contributed by atoms with Crippen molar-refractivity contribution in [2.45, 2.75) is 6.04 Å². The number of carbonyl (C=O) groups excluding carboxylic acids is 1. The fraction of sp³-hybridized carbons (Fsp3) is 0.286. The summed E-state index contributed by atoms with van der Waals surface area (Å²) in [5.74, 6) is 0.707. The molecule has 1 aromatic heterocycles. The van der Waals surface area contributed by atoms with E-state index in [0.717, 1.165) is 26.7 Å². The first kappa shape index (κ1) is 19.5. The summed E-state index contributed by atoms with van der Waals surface area (Å²) < 4.78 is 8.23. The van der Waals surface area contributed by atoms with Gasteiger partial charge in [-0.3, -0.25) is 4.79 Å². The Morgan fingerprint density at radius 1 is 1.19 bits per heavy atom. The van der Waals surface area contributed by atoms with Crippen LogP contribution in [0.25, 0.3) is 10.9 Å². The smallest absolute Gasteiger partial charge is 0.269 e. The highest BCUT2D eigenvalue weighted by Crippen LogP contribution is 2.31. The molecular formula is C21H24BrN3O2. The van der Waals surface area contributed by atoms with Crippen molar-refractivity contribution in [3.8, 4) is 5.75 Å². The molecule has 0 fully saturated rings. The summed E-state index contributed by atoms with van der Waals surface area (Å²) in [5, 5.41) is 4.11. The highest BCUT2D eigenvalue weighted by Gasteiger charge is 2.22. The maximum absolute atomic E-state index is 13.0. The van der Waals surface area contributed by atoms with E-state index in [-0.39, 0.29) is 11.9 Å². The van der Waals surface area contributed by atoms with Crippen LogP contribution in [0.5, 0.6) is 5.75 Å². The van der Waals surface area contributed by atoms with Crippen molar-refractivity contribution < 1.29 is 9.53 Å². The van der Waals surface area contributed by atoms with Gasteiger partial charge in [-0.25, -0.2) is 0 Å². The Hall–Kier alpha value is -2.31. The Balaban J connectivity index is 1.86. The average molecular weight is 430 g/mol. The lowest BCUT2D eigenvalue weighted by Crippen LogP contribution is -2.35. The van der Waals surface area contributed by atoms with Crippen LogP contribution in [0.3, 0.4) is 0 Å². The predicted molar refractivity (Wildman–Crippen MR) is 112 cm³/mol. The van der Waals surface area contributed by atoms with Gasteiger partial charge < -0.3 is 19.5 Å². The zero-order valence-corrected chi connectivity index (χ0v) is 17.6. The molecule has 142 valence electrons. The SMILES string of the molecule is COc1ccccc1C(CNC(=O)c1c(Br)c2ccccc2n1C)N(C)C. The number of fused-ring (bicyclic) bond motifs is 1. The lowest BCUT2D eigenvalue weighted by molar-refractivity contribution is 0.0933. The monoisotopic (exact) mass is 429 g/mol. The lowest BCUT2D eigenvalue weighted by Gasteiger charge is -2.26. The number of aromatic nitrogens is 1. The van der Waals surface area contributed by atoms with E-state index in [1.807, 2.05) is 74.2 Å². The number of nitrogens with one attached hydrogen (secondary N) is 1. The van der Waals surface area contributed by atoms with Crippen LogP contribution >= 0.6 is 15.9 Å². The van der Waals surface area contributed by atoms with Gasteiger partial charge >= 0.3 is 0 Å². The summed E-state index contributed by atoms with van der Waals surface area (Å²) in [7, 11) is 7.56. The topological polar surface area (TPSA) is 46.5 Å². The average Bonchev–Trinajstić information content (AvgIpc) is 2.93. The maximum atomic E-state index is 13.0. The van der Waals surface area contributed by atoms with Crippen LogP contribution in [0.2, 0.25) is 0 Å². The lowest BCUT2D eigenvalue weighted by atomic mass is 10.0. The van der Waals surface area contributed by atoms with Gasteiger partial charge in [-0.15, -0.1) is 0 Å². The van der Waals surface area contributed by atoms with Crippen molar-refractivity contribution in [2.24, 2.45) is 7.05 Å². The number of aryl methyl sites for hydroxylation is 1. The quantitative estimate of drug-likeness (QED) is 0.644. The molecule has 3 aromatic rings. The summed E-state index contributed by atoms with van der Waals surface area (Å²) >= 11 is 3.59. The largest absolute Gasteiger partial charge is 0.496 e. The first-order valence-corrected chi connectivity index (χ1v) is 9.55. The number of ether oxygens (including phenoxy) is 1. The second kappa shape index (κ2) is 8.15. The number of carbonyl (C=O) groups is 1. The van der Waals surface area contributed by atoms with Crippen LogP contribution in [-0.4, -0.2) is 43.1 Å². The Morgan fingerprint density at radius 2 is 1.85 bits per heavy atom. The molecule has 5 nitrogen and oxygen atoms in total. The molecule has 3 rings (SSSR count). The van der Waals surface area contributed by atoms with E-state index in [2.05, 4.69) is 26.1 Å². The third-order valence-electron chi connectivity index (χ3n) is 4.84. The predicted octanol–water partition coefficient (Wildman–Crippen LogP) is 3.98. The third-order valence-corrected chi connectivity index (χ3v) is 5.64. The summed E-state index contributed by atoms with van der Waals surface area (Å²) in [6.07, 6.45) is 0. The Morgan fingerprint density at radius 3 is 2.52 bits per heavy atom. The normalized spacial score (nSPS) is 12.4. The summed E-state index contributed by atoms with van der Waals surface area (Å²) in [6.45, 7) is 0.472. The molecule has 1 atom stereocenters. The van der Waals surface area contributed by atoms with Gasteiger partial charge in [0.2, 0.25) is 0 Å². The van der Waals surface area contributed by atoms with E-state index in [1.165, 1.54) is 0 Å². The fourth-order valence-corrected chi connectivity index (χ4v) is 4.17. The van der Waals surface area contributed by atoms with Crippen LogP contribution < -0.4 is 10.1 Å². The van der Waals surface area contributed by atoms with Gasteiger partial charge in [0.1, 0.15) is 11.4 Å². The standard InChI is InChI=1S/C21H24BrN3O2/c1-24(2)17(14-9-6-8-12-18(14)27-4)13-23-21(26)20-19(22)15-10-5-7-11-16(15)25(20)3/h5-12,17H,13H2,1-4H3,(H,23,26). The Labute approximate surface area is 168 Å². The van der Waals surface area contributed by atoms with Crippen molar-refractivity contribution in [1.82, 2.24) is 14.8 Å². The van der Waals surface area contributed by atoms with E-state index in [9.17, 15) is 4.79 Å². The van der Waals surface area contributed by atoms with Gasteiger partial charge in [0.25, 0.3) is 5.91 Å². The van der Waals surface area contributed by atoms with Crippen molar-refractivity contribution in [2.75, 3.05) is 27.7 Å². The first-order valence-electron chi connectivity index (χ1n) is 8.76. The number of benzene rings is 2. The molecule has 0 bridgehead atoms. The zero-order chi connectivity index (χ0) is 19.6. The number of halogens is 1. The molecule has 0 spiro atoms. The van der Waals surface area contributed by atoms with Gasteiger partial charge in [0.15, 0.2) is 0 Å². The number of para-hydroxylation sites is 2. The van der Waals surface area contributed by atoms with E-state index < -0.39 is 0 Å². The van der Waals surface area contributed by atoms with E-state index in [0.29, 0.717) is 12.2 Å². The minimum atomic E-state index is -0.109. The van der Waals surface area contributed by atoms with Crippen LogP contribution in [0, 0.1) is 0 Å². The number of hydrogen-bond donors (Lipinski definition) is 1.